The van der Waals surface area contributed by atoms with Crippen molar-refractivity contribution in [3.05, 3.63) is 88.5 Å². The second kappa shape index (κ2) is 7.80. The SMILES string of the molecule is CSNc1ccc(C2c3ccc(O)cc3OCC2c2ccc(C)c(C)c2)cc1. The minimum atomic E-state index is 0.176. The van der Waals surface area contributed by atoms with Crippen molar-refractivity contribution in [3.8, 4) is 11.5 Å². The van der Waals surface area contributed by atoms with E-state index in [-0.39, 0.29) is 17.6 Å². The van der Waals surface area contributed by atoms with Crippen molar-refractivity contribution in [1.82, 2.24) is 0 Å². The Morgan fingerprint density at radius 2 is 1.68 bits per heavy atom. The summed E-state index contributed by atoms with van der Waals surface area (Å²) in [5, 5.41) is 9.90. The summed E-state index contributed by atoms with van der Waals surface area (Å²) in [5.74, 6) is 1.41. The van der Waals surface area contributed by atoms with Crippen LogP contribution in [0.15, 0.2) is 60.7 Å². The van der Waals surface area contributed by atoms with Gasteiger partial charge in [0.15, 0.2) is 0 Å². The van der Waals surface area contributed by atoms with Gasteiger partial charge in [0.05, 0.1) is 6.61 Å². The second-order valence-electron chi connectivity index (χ2n) is 7.39. The van der Waals surface area contributed by atoms with Gasteiger partial charge in [-0.15, -0.1) is 0 Å². The number of anilines is 1. The van der Waals surface area contributed by atoms with E-state index in [9.17, 15) is 5.11 Å². The number of aryl methyl sites for hydroxylation is 2. The number of benzene rings is 3. The monoisotopic (exact) mass is 391 g/mol. The Labute approximate surface area is 170 Å². The highest BCUT2D eigenvalue weighted by Gasteiger charge is 2.33. The number of hydrogen-bond donors (Lipinski definition) is 2. The summed E-state index contributed by atoms with van der Waals surface area (Å²) in [6.45, 7) is 4.89. The first-order valence-electron chi connectivity index (χ1n) is 9.48. The molecule has 0 fully saturated rings. The van der Waals surface area contributed by atoms with Crippen LogP contribution in [0.5, 0.6) is 11.5 Å². The molecular weight excluding hydrogens is 366 g/mol. The van der Waals surface area contributed by atoms with Crippen LogP contribution in [-0.2, 0) is 0 Å². The molecule has 1 heterocycles. The molecule has 0 amide bonds. The van der Waals surface area contributed by atoms with Gasteiger partial charge in [-0.25, -0.2) is 0 Å². The maximum Gasteiger partial charge on any atom is 0.126 e. The van der Waals surface area contributed by atoms with Crippen LogP contribution < -0.4 is 9.46 Å². The highest BCUT2D eigenvalue weighted by Crippen LogP contribution is 2.47. The van der Waals surface area contributed by atoms with Crippen LogP contribution >= 0.6 is 11.9 Å². The second-order valence-corrected chi connectivity index (χ2v) is 8.00. The predicted octanol–water partition coefficient (Wildman–Crippen LogP) is 6.01. The van der Waals surface area contributed by atoms with Crippen LogP contribution in [0.25, 0.3) is 0 Å². The van der Waals surface area contributed by atoms with E-state index in [1.807, 2.05) is 12.3 Å². The fourth-order valence-corrected chi connectivity index (χ4v) is 4.34. The highest BCUT2D eigenvalue weighted by molar-refractivity contribution is 7.99. The molecule has 2 unspecified atom stereocenters. The number of fused-ring (bicyclic) bond motifs is 1. The molecule has 3 aromatic rings. The lowest BCUT2D eigenvalue weighted by atomic mass is 9.75. The predicted molar refractivity (Wildman–Crippen MR) is 118 cm³/mol. The van der Waals surface area contributed by atoms with Crippen LogP contribution in [0, 0.1) is 13.8 Å². The van der Waals surface area contributed by atoms with E-state index in [0.717, 1.165) is 17.0 Å². The standard InChI is InChI=1S/C24H25NO2S/c1-15-4-5-18(12-16(15)2)22-14-27-23-13-20(26)10-11-21(23)24(22)17-6-8-19(9-7-17)25-28-3/h4-13,22,24-26H,14H2,1-3H3. The molecule has 1 aliphatic heterocycles. The molecule has 4 heteroatoms. The molecule has 2 atom stereocenters. The summed E-state index contributed by atoms with van der Waals surface area (Å²) < 4.78 is 9.36. The highest BCUT2D eigenvalue weighted by atomic mass is 32.2. The Morgan fingerprint density at radius 3 is 2.39 bits per heavy atom. The number of rotatable bonds is 4. The summed E-state index contributed by atoms with van der Waals surface area (Å²) in [6, 6.07) is 20.8. The molecule has 0 aromatic heterocycles. The summed E-state index contributed by atoms with van der Waals surface area (Å²) in [4.78, 5) is 0. The normalized spacial score (nSPS) is 18.2. The summed E-state index contributed by atoms with van der Waals surface area (Å²) in [7, 11) is 0. The Hall–Kier alpha value is -2.59. The third-order valence-corrected chi connectivity index (χ3v) is 6.04. The van der Waals surface area contributed by atoms with Crippen LogP contribution in [0.2, 0.25) is 0 Å². The van der Waals surface area contributed by atoms with Gasteiger partial charge in [-0.05, 0) is 54.3 Å². The van der Waals surface area contributed by atoms with E-state index in [0.29, 0.717) is 6.61 Å². The van der Waals surface area contributed by atoms with Crippen molar-refractivity contribution >= 4 is 17.6 Å². The molecule has 144 valence electrons. The minimum absolute atomic E-state index is 0.176. The van der Waals surface area contributed by atoms with Gasteiger partial charge in [0.2, 0.25) is 0 Å². The fourth-order valence-electron chi connectivity index (χ4n) is 3.97. The first-order valence-corrected chi connectivity index (χ1v) is 10.7. The zero-order valence-electron chi connectivity index (χ0n) is 16.4. The van der Waals surface area contributed by atoms with Crippen molar-refractivity contribution in [2.45, 2.75) is 25.7 Å². The lowest BCUT2D eigenvalue weighted by Gasteiger charge is -2.35. The third-order valence-electron chi connectivity index (χ3n) is 5.60. The lowest BCUT2D eigenvalue weighted by molar-refractivity contribution is 0.247. The van der Waals surface area contributed by atoms with E-state index in [2.05, 4.69) is 61.0 Å². The smallest absolute Gasteiger partial charge is 0.126 e. The molecule has 0 saturated heterocycles. The first kappa shape index (κ1) is 18.8. The molecule has 28 heavy (non-hydrogen) atoms. The van der Waals surface area contributed by atoms with Gasteiger partial charge < -0.3 is 14.6 Å². The van der Waals surface area contributed by atoms with Gasteiger partial charge in [-0.2, -0.15) is 0 Å². The van der Waals surface area contributed by atoms with Gasteiger partial charge in [-0.1, -0.05) is 48.3 Å². The zero-order chi connectivity index (χ0) is 19.7. The lowest BCUT2D eigenvalue weighted by Crippen LogP contribution is -2.25. The minimum Gasteiger partial charge on any atom is -0.508 e. The number of phenolic OH excluding ortho intramolecular Hbond substituents is 1. The maximum atomic E-state index is 9.90. The molecule has 4 rings (SSSR count). The van der Waals surface area contributed by atoms with Crippen molar-refractivity contribution in [1.29, 1.82) is 0 Å². The van der Waals surface area contributed by atoms with Gasteiger partial charge >= 0.3 is 0 Å². The van der Waals surface area contributed by atoms with E-state index in [1.54, 1.807) is 24.1 Å². The van der Waals surface area contributed by atoms with E-state index in [4.69, 9.17) is 4.74 Å². The molecule has 0 aliphatic carbocycles. The molecule has 3 aromatic carbocycles. The Morgan fingerprint density at radius 1 is 0.929 bits per heavy atom. The molecule has 3 nitrogen and oxygen atoms in total. The third kappa shape index (κ3) is 3.57. The Bertz CT molecular complexity index is 984. The van der Waals surface area contributed by atoms with Gasteiger partial charge in [0, 0.05) is 35.4 Å². The number of nitrogens with one attached hydrogen (secondary N) is 1. The topological polar surface area (TPSA) is 41.5 Å². The van der Waals surface area contributed by atoms with E-state index in [1.165, 1.54) is 22.3 Å². The number of ether oxygens (including phenoxy) is 1. The average molecular weight is 392 g/mol. The molecule has 0 radical (unpaired) electrons. The van der Waals surface area contributed by atoms with Crippen molar-refractivity contribution < 1.29 is 9.84 Å². The van der Waals surface area contributed by atoms with Crippen LogP contribution in [0.1, 0.15) is 39.7 Å². The van der Waals surface area contributed by atoms with Crippen LogP contribution in [0.3, 0.4) is 0 Å². The number of aromatic hydroxyl groups is 1. The van der Waals surface area contributed by atoms with Gasteiger partial charge in [-0.3, -0.25) is 0 Å². The number of hydrogen-bond acceptors (Lipinski definition) is 4. The van der Waals surface area contributed by atoms with Crippen LogP contribution in [-0.4, -0.2) is 18.0 Å². The zero-order valence-corrected chi connectivity index (χ0v) is 17.2. The summed E-state index contributed by atoms with van der Waals surface area (Å²) >= 11 is 1.59. The Kier molecular flexibility index (Phi) is 5.23. The van der Waals surface area contributed by atoms with Crippen LogP contribution in [0.4, 0.5) is 5.69 Å². The quantitative estimate of drug-likeness (QED) is 0.535. The van der Waals surface area contributed by atoms with Gasteiger partial charge in [0.1, 0.15) is 11.5 Å². The molecule has 1 aliphatic rings. The van der Waals surface area contributed by atoms with Crippen molar-refractivity contribution in [2.24, 2.45) is 0 Å². The molecule has 0 saturated carbocycles. The fraction of sp³-hybridized carbons (Fsp3) is 0.250. The largest absolute Gasteiger partial charge is 0.508 e. The van der Waals surface area contributed by atoms with Crippen molar-refractivity contribution in [2.75, 3.05) is 17.6 Å². The molecule has 0 bridgehead atoms. The first-order chi connectivity index (χ1) is 13.6. The molecular formula is C24H25NO2S. The maximum absolute atomic E-state index is 9.90. The van der Waals surface area contributed by atoms with E-state index < -0.39 is 0 Å². The molecule has 0 spiro atoms. The Balaban J connectivity index is 1.80. The summed E-state index contributed by atoms with van der Waals surface area (Å²) in [5.41, 5.74) is 7.36. The van der Waals surface area contributed by atoms with Crippen molar-refractivity contribution in [3.63, 3.8) is 0 Å². The average Bonchev–Trinajstić information content (AvgIpc) is 2.70. The molecule has 2 N–H and O–H groups in total. The number of phenols is 1. The summed E-state index contributed by atoms with van der Waals surface area (Å²) in [6.07, 6.45) is 2.02. The van der Waals surface area contributed by atoms with Gasteiger partial charge in [0.25, 0.3) is 0 Å². The van der Waals surface area contributed by atoms with E-state index >= 15 is 0 Å².